The first kappa shape index (κ1) is 25.8. The molecule has 0 bridgehead atoms. The fraction of sp³-hybridized carbons (Fsp3) is 0.296. The normalized spacial score (nSPS) is 14.3. The van der Waals surface area contributed by atoms with Gasteiger partial charge in [0.1, 0.15) is 23.0 Å². The Morgan fingerprint density at radius 1 is 1.06 bits per heavy atom. The van der Waals surface area contributed by atoms with E-state index in [0.29, 0.717) is 10.6 Å². The minimum Gasteiger partial charge on any atom is -0.496 e. The van der Waals surface area contributed by atoms with Crippen LogP contribution in [0.1, 0.15) is 46.4 Å². The molecule has 1 aromatic heterocycles. The zero-order valence-electron chi connectivity index (χ0n) is 21.1. The van der Waals surface area contributed by atoms with Crippen molar-refractivity contribution in [2.24, 2.45) is 0 Å². The van der Waals surface area contributed by atoms with Gasteiger partial charge in [-0.15, -0.1) is 11.3 Å². The predicted molar refractivity (Wildman–Crippen MR) is 143 cm³/mol. The van der Waals surface area contributed by atoms with Gasteiger partial charge in [0, 0.05) is 33.3 Å². The van der Waals surface area contributed by atoms with Crippen molar-refractivity contribution in [1.82, 2.24) is 0 Å². The summed E-state index contributed by atoms with van der Waals surface area (Å²) in [6, 6.07) is 12.5. The van der Waals surface area contributed by atoms with Crippen LogP contribution in [-0.2, 0) is 21.5 Å². The SMILES string of the molecule is COc1cc(OS(C)(=O)=O)ccc1-c1ccc2c(c1COC(=O)c1ccc(C)s1)C(C)=CC(C)(C)N2. The fourth-order valence-electron chi connectivity index (χ4n) is 4.48. The van der Waals surface area contributed by atoms with Crippen LogP contribution in [0.5, 0.6) is 11.5 Å². The van der Waals surface area contributed by atoms with Crippen molar-refractivity contribution in [3.05, 3.63) is 69.4 Å². The number of aryl methyl sites for hydroxylation is 1. The van der Waals surface area contributed by atoms with E-state index in [2.05, 4.69) is 25.2 Å². The summed E-state index contributed by atoms with van der Waals surface area (Å²) < 4.78 is 39.6. The molecule has 0 unspecified atom stereocenters. The summed E-state index contributed by atoms with van der Waals surface area (Å²) in [6.45, 7) is 8.22. The summed E-state index contributed by atoms with van der Waals surface area (Å²) in [7, 11) is -2.18. The molecule has 4 rings (SSSR count). The summed E-state index contributed by atoms with van der Waals surface area (Å²) in [4.78, 5) is 14.4. The van der Waals surface area contributed by atoms with E-state index in [-0.39, 0.29) is 23.9 Å². The van der Waals surface area contributed by atoms with Gasteiger partial charge in [-0.25, -0.2) is 4.79 Å². The van der Waals surface area contributed by atoms with E-state index in [1.165, 1.54) is 24.5 Å². The molecule has 0 spiro atoms. The van der Waals surface area contributed by atoms with E-state index >= 15 is 0 Å². The lowest BCUT2D eigenvalue weighted by atomic mass is 9.85. The van der Waals surface area contributed by atoms with Gasteiger partial charge < -0.3 is 19.0 Å². The second kappa shape index (κ2) is 9.63. The minimum atomic E-state index is -3.69. The highest BCUT2D eigenvalue weighted by molar-refractivity contribution is 7.86. The van der Waals surface area contributed by atoms with Crippen molar-refractivity contribution in [3.8, 4) is 22.6 Å². The molecule has 7 nitrogen and oxygen atoms in total. The molecule has 2 heterocycles. The lowest BCUT2D eigenvalue weighted by Gasteiger charge is -2.33. The number of rotatable bonds is 7. The van der Waals surface area contributed by atoms with Gasteiger partial charge in [-0.2, -0.15) is 8.42 Å². The Balaban J connectivity index is 1.82. The van der Waals surface area contributed by atoms with Crippen molar-refractivity contribution < 1.29 is 26.9 Å². The van der Waals surface area contributed by atoms with E-state index in [1.54, 1.807) is 18.2 Å². The number of carbonyl (C=O) groups is 1. The van der Waals surface area contributed by atoms with Gasteiger partial charge in [0.2, 0.25) is 0 Å². The molecule has 9 heteroatoms. The molecule has 0 radical (unpaired) electrons. The molecule has 3 aromatic rings. The molecular formula is C27H29NO6S2. The number of ether oxygens (including phenoxy) is 2. The first-order valence-corrected chi connectivity index (χ1v) is 14.0. The summed E-state index contributed by atoms with van der Waals surface area (Å²) in [5.41, 5.74) is 5.07. The van der Waals surface area contributed by atoms with Crippen LogP contribution >= 0.6 is 11.3 Å². The van der Waals surface area contributed by atoms with E-state index in [4.69, 9.17) is 13.7 Å². The predicted octanol–water partition coefficient (Wildman–Crippen LogP) is 6.03. The summed E-state index contributed by atoms with van der Waals surface area (Å²) in [6.07, 6.45) is 3.13. The molecule has 2 aromatic carbocycles. The van der Waals surface area contributed by atoms with Crippen molar-refractivity contribution in [2.45, 2.75) is 39.8 Å². The summed E-state index contributed by atoms with van der Waals surface area (Å²) in [5, 5.41) is 3.54. The number of esters is 1. The number of carbonyl (C=O) groups excluding carboxylic acids is 1. The Labute approximate surface area is 215 Å². The molecule has 1 aliphatic heterocycles. The average molecular weight is 528 g/mol. The van der Waals surface area contributed by atoms with Crippen LogP contribution in [0.4, 0.5) is 5.69 Å². The number of methoxy groups -OCH3 is 1. The van der Waals surface area contributed by atoms with Crippen LogP contribution in [0.25, 0.3) is 16.7 Å². The van der Waals surface area contributed by atoms with Gasteiger partial charge in [-0.3, -0.25) is 0 Å². The molecule has 0 saturated heterocycles. The topological polar surface area (TPSA) is 90.9 Å². The van der Waals surface area contributed by atoms with E-state index in [0.717, 1.165) is 44.6 Å². The maximum Gasteiger partial charge on any atom is 0.348 e. The number of allylic oxidation sites excluding steroid dienone is 1. The third-order valence-electron chi connectivity index (χ3n) is 5.74. The average Bonchev–Trinajstić information content (AvgIpc) is 3.21. The monoisotopic (exact) mass is 527 g/mol. The molecule has 0 amide bonds. The summed E-state index contributed by atoms with van der Waals surface area (Å²) in [5.74, 6) is 0.200. The highest BCUT2D eigenvalue weighted by Crippen LogP contribution is 2.43. The van der Waals surface area contributed by atoms with Crippen LogP contribution in [0, 0.1) is 6.92 Å². The molecule has 36 heavy (non-hydrogen) atoms. The second-order valence-electron chi connectivity index (χ2n) is 9.32. The smallest absolute Gasteiger partial charge is 0.348 e. The first-order chi connectivity index (χ1) is 16.9. The second-order valence-corrected chi connectivity index (χ2v) is 12.2. The quantitative estimate of drug-likeness (QED) is 0.296. The molecule has 0 aliphatic carbocycles. The van der Waals surface area contributed by atoms with Gasteiger partial charge in [0.05, 0.1) is 18.9 Å². The third-order valence-corrected chi connectivity index (χ3v) is 7.22. The Morgan fingerprint density at radius 3 is 2.42 bits per heavy atom. The summed E-state index contributed by atoms with van der Waals surface area (Å²) >= 11 is 1.39. The van der Waals surface area contributed by atoms with Crippen molar-refractivity contribution in [3.63, 3.8) is 0 Å². The molecule has 0 fully saturated rings. The van der Waals surface area contributed by atoms with Gasteiger partial charge in [-0.1, -0.05) is 12.1 Å². The minimum absolute atomic E-state index is 0.0479. The number of benzene rings is 2. The Hall–Kier alpha value is -3.30. The maximum absolute atomic E-state index is 12.8. The van der Waals surface area contributed by atoms with Crippen LogP contribution in [0.3, 0.4) is 0 Å². The molecule has 0 atom stereocenters. The first-order valence-electron chi connectivity index (χ1n) is 11.3. The Kier molecular flexibility index (Phi) is 6.90. The highest BCUT2D eigenvalue weighted by Gasteiger charge is 2.27. The number of fused-ring (bicyclic) bond motifs is 1. The highest BCUT2D eigenvalue weighted by atomic mass is 32.2. The number of nitrogens with one attached hydrogen (secondary N) is 1. The number of hydrogen-bond acceptors (Lipinski definition) is 8. The van der Waals surface area contributed by atoms with Gasteiger partial charge in [-0.05, 0) is 69.2 Å². The fourth-order valence-corrected chi connectivity index (χ4v) is 5.69. The van der Waals surface area contributed by atoms with Crippen molar-refractivity contribution in [1.29, 1.82) is 0 Å². The third kappa shape index (κ3) is 5.57. The Morgan fingerprint density at radius 2 is 1.78 bits per heavy atom. The molecular weight excluding hydrogens is 498 g/mol. The van der Waals surface area contributed by atoms with Crippen LogP contribution in [0.2, 0.25) is 0 Å². The van der Waals surface area contributed by atoms with E-state index < -0.39 is 10.1 Å². The van der Waals surface area contributed by atoms with Crippen molar-refractivity contribution in [2.75, 3.05) is 18.7 Å². The molecule has 1 aliphatic rings. The van der Waals surface area contributed by atoms with Gasteiger partial charge >= 0.3 is 16.1 Å². The lowest BCUT2D eigenvalue weighted by molar-refractivity contribution is 0.0479. The zero-order valence-corrected chi connectivity index (χ0v) is 22.7. The molecule has 0 saturated carbocycles. The number of hydrogen-bond donors (Lipinski definition) is 1. The number of thiophene rings is 1. The largest absolute Gasteiger partial charge is 0.496 e. The lowest BCUT2D eigenvalue weighted by Crippen LogP contribution is -2.32. The van der Waals surface area contributed by atoms with Crippen molar-refractivity contribution >= 4 is 38.7 Å². The van der Waals surface area contributed by atoms with E-state index in [9.17, 15) is 13.2 Å². The Bertz CT molecular complexity index is 1470. The molecule has 1 N–H and O–H groups in total. The van der Waals surface area contributed by atoms with Gasteiger partial charge in [0.25, 0.3) is 0 Å². The maximum atomic E-state index is 12.8. The van der Waals surface area contributed by atoms with Crippen LogP contribution in [-0.4, -0.2) is 33.3 Å². The van der Waals surface area contributed by atoms with Crippen LogP contribution < -0.4 is 14.2 Å². The standard InChI is InChI=1S/C27H29NO6S2/c1-16-14-27(3,4)28-22-11-10-19(20-9-8-18(13-23(20)32-5)34-36(6,30)31)21(25(16)22)15-33-26(29)24-12-7-17(2)35-24/h7-14,28H,15H2,1-6H3. The number of anilines is 1. The zero-order chi connectivity index (χ0) is 26.3. The van der Waals surface area contributed by atoms with E-state index in [1.807, 2.05) is 32.0 Å². The van der Waals surface area contributed by atoms with Gasteiger partial charge in [0.15, 0.2) is 0 Å². The molecule has 190 valence electrons. The van der Waals surface area contributed by atoms with Crippen LogP contribution in [0.15, 0.2) is 48.5 Å².